The Bertz CT molecular complexity index is 371. The Balaban J connectivity index is 2.46. The van der Waals surface area contributed by atoms with Crippen LogP contribution in [0.4, 0.5) is 10.5 Å². The fourth-order valence-corrected chi connectivity index (χ4v) is 1.35. The number of nitrogens with one attached hydrogen (secondary N) is 1. The average Bonchev–Trinajstić information content (AvgIpc) is 2.24. The Morgan fingerprint density at radius 3 is 2.69 bits per heavy atom. The summed E-state index contributed by atoms with van der Waals surface area (Å²) < 4.78 is 4.85. The normalized spacial score (nSPS) is 9.94. The Kier molecular flexibility index (Phi) is 5.74. The van der Waals surface area contributed by atoms with Gasteiger partial charge in [0.05, 0.1) is 16.7 Å². The first kappa shape index (κ1) is 13.4. The highest BCUT2D eigenvalue weighted by molar-refractivity contribution is 6.42. The van der Waals surface area contributed by atoms with Crippen LogP contribution in [0.5, 0.6) is 0 Å². The maximum Gasteiger partial charge on any atom is 0.411 e. The lowest BCUT2D eigenvalue weighted by atomic mass is 10.3. The van der Waals surface area contributed by atoms with Gasteiger partial charge in [0.1, 0.15) is 0 Å². The van der Waals surface area contributed by atoms with Crippen LogP contribution in [0.3, 0.4) is 0 Å². The quantitative estimate of drug-likeness (QED) is 0.665. The lowest BCUT2D eigenvalue weighted by molar-refractivity contribution is 0.162. The van der Waals surface area contributed by atoms with E-state index in [2.05, 4.69) is 5.32 Å². The number of amides is 1. The van der Waals surface area contributed by atoms with E-state index in [0.29, 0.717) is 28.0 Å². The predicted molar refractivity (Wildman–Crippen MR) is 66.8 cm³/mol. The van der Waals surface area contributed by atoms with Crippen molar-refractivity contribution >= 4 is 46.6 Å². The Labute approximate surface area is 109 Å². The predicted octanol–water partition coefficient (Wildman–Crippen LogP) is 4.17. The van der Waals surface area contributed by atoms with Crippen LogP contribution in [0.1, 0.15) is 6.42 Å². The van der Waals surface area contributed by atoms with Gasteiger partial charge < -0.3 is 4.74 Å². The van der Waals surface area contributed by atoms with Gasteiger partial charge >= 0.3 is 6.09 Å². The molecule has 3 nitrogen and oxygen atoms in total. The molecule has 0 atom stereocenters. The molecule has 16 heavy (non-hydrogen) atoms. The largest absolute Gasteiger partial charge is 0.449 e. The lowest BCUT2D eigenvalue weighted by Gasteiger charge is -2.06. The molecule has 1 N–H and O–H groups in total. The number of carbonyl (C=O) groups is 1. The van der Waals surface area contributed by atoms with E-state index in [1.807, 2.05) is 0 Å². The summed E-state index contributed by atoms with van der Waals surface area (Å²) in [5.74, 6) is 0.458. The second-order valence-corrected chi connectivity index (χ2v) is 4.12. The van der Waals surface area contributed by atoms with Crippen molar-refractivity contribution in [2.45, 2.75) is 6.42 Å². The van der Waals surface area contributed by atoms with Gasteiger partial charge in [0.2, 0.25) is 0 Å². The van der Waals surface area contributed by atoms with E-state index < -0.39 is 6.09 Å². The summed E-state index contributed by atoms with van der Waals surface area (Å²) in [5, 5.41) is 3.33. The molecule has 0 aromatic heterocycles. The van der Waals surface area contributed by atoms with Crippen LogP contribution in [0, 0.1) is 0 Å². The third kappa shape index (κ3) is 4.47. The molecule has 0 aliphatic heterocycles. The maximum atomic E-state index is 11.2. The highest BCUT2D eigenvalue weighted by atomic mass is 35.5. The standard InChI is InChI=1S/C10H10Cl3NO2/c11-4-1-5-16-10(15)14-7-2-3-8(12)9(13)6-7/h2-3,6H,1,4-5H2,(H,14,15). The van der Waals surface area contributed by atoms with Gasteiger partial charge in [-0.1, -0.05) is 23.2 Å². The first-order valence-electron chi connectivity index (χ1n) is 4.58. The molecule has 0 saturated heterocycles. The third-order valence-electron chi connectivity index (χ3n) is 1.68. The van der Waals surface area contributed by atoms with Gasteiger partial charge in [0.15, 0.2) is 0 Å². The molecule has 6 heteroatoms. The summed E-state index contributed by atoms with van der Waals surface area (Å²) in [5.41, 5.74) is 0.533. The van der Waals surface area contributed by atoms with Crippen LogP contribution in [0.25, 0.3) is 0 Å². The first-order valence-corrected chi connectivity index (χ1v) is 5.87. The van der Waals surface area contributed by atoms with Crippen molar-refractivity contribution in [1.82, 2.24) is 0 Å². The van der Waals surface area contributed by atoms with E-state index in [-0.39, 0.29) is 6.61 Å². The van der Waals surface area contributed by atoms with Crippen molar-refractivity contribution in [2.75, 3.05) is 17.8 Å². The number of carbonyl (C=O) groups excluding carboxylic acids is 1. The zero-order valence-corrected chi connectivity index (χ0v) is 10.6. The molecule has 0 fully saturated rings. The van der Waals surface area contributed by atoms with Crippen LogP contribution in [-0.4, -0.2) is 18.6 Å². The van der Waals surface area contributed by atoms with Crippen molar-refractivity contribution in [3.05, 3.63) is 28.2 Å². The van der Waals surface area contributed by atoms with Gasteiger partial charge in [-0.3, -0.25) is 5.32 Å². The van der Waals surface area contributed by atoms with Gasteiger partial charge in [0, 0.05) is 11.6 Å². The van der Waals surface area contributed by atoms with Crippen LogP contribution in [0.2, 0.25) is 10.0 Å². The van der Waals surface area contributed by atoms with Crippen molar-refractivity contribution in [3.8, 4) is 0 Å². The number of rotatable bonds is 4. The van der Waals surface area contributed by atoms with E-state index in [1.54, 1.807) is 18.2 Å². The van der Waals surface area contributed by atoms with Gasteiger partial charge in [-0.2, -0.15) is 0 Å². The average molecular weight is 283 g/mol. The summed E-state index contributed by atoms with van der Waals surface area (Å²) in [7, 11) is 0. The molecule has 1 rings (SSSR count). The SMILES string of the molecule is O=C(Nc1ccc(Cl)c(Cl)c1)OCCCCl. The molecule has 0 heterocycles. The molecule has 0 radical (unpaired) electrons. The van der Waals surface area contributed by atoms with Crippen LogP contribution in [0.15, 0.2) is 18.2 Å². The molecule has 0 saturated carbocycles. The number of anilines is 1. The van der Waals surface area contributed by atoms with Crippen molar-refractivity contribution in [2.24, 2.45) is 0 Å². The van der Waals surface area contributed by atoms with Crippen LogP contribution >= 0.6 is 34.8 Å². The van der Waals surface area contributed by atoms with Crippen LogP contribution < -0.4 is 5.32 Å². The Morgan fingerprint density at radius 1 is 1.31 bits per heavy atom. The topological polar surface area (TPSA) is 38.3 Å². The van der Waals surface area contributed by atoms with Crippen molar-refractivity contribution < 1.29 is 9.53 Å². The van der Waals surface area contributed by atoms with E-state index in [1.165, 1.54) is 0 Å². The number of halogens is 3. The summed E-state index contributed by atoms with van der Waals surface area (Å²) in [6.45, 7) is 0.288. The molecule has 0 aliphatic carbocycles. The minimum absolute atomic E-state index is 0.288. The molecule has 88 valence electrons. The number of ether oxygens (including phenoxy) is 1. The minimum Gasteiger partial charge on any atom is -0.449 e. The first-order chi connectivity index (χ1) is 7.63. The second-order valence-electron chi connectivity index (χ2n) is 2.93. The summed E-state index contributed by atoms with van der Waals surface area (Å²) in [6, 6.07) is 4.78. The summed E-state index contributed by atoms with van der Waals surface area (Å²) >= 11 is 17.0. The number of hydrogen-bond acceptors (Lipinski definition) is 2. The lowest BCUT2D eigenvalue weighted by Crippen LogP contribution is -2.14. The van der Waals surface area contributed by atoms with Crippen molar-refractivity contribution in [3.63, 3.8) is 0 Å². The van der Waals surface area contributed by atoms with Crippen molar-refractivity contribution in [1.29, 1.82) is 0 Å². The molecule has 0 unspecified atom stereocenters. The molecule has 0 spiro atoms. The third-order valence-corrected chi connectivity index (χ3v) is 2.68. The zero-order chi connectivity index (χ0) is 12.0. The Hall–Kier alpha value is -0.640. The van der Waals surface area contributed by atoms with Gasteiger partial charge in [-0.05, 0) is 24.6 Å². The van der Waals surface area contributed by atoms with Gasteiger partial charge in [0.25, 0.3) is 0 Å². The van der Waals surface area contributed by atoms with Crippen LogP contribution in [-0.2, 0) is 4.74 Å². The number of alkyl halides is 1. The fraction of sp³-hybridized carbons (Fsp3) is 0.300. The van der Waals surface area contributed by atoms with Gasteiger partial charge in [-0.25, -0.2) is 4.79 Å². The smallest absolute Gasteiger partial charge is 0.411 e. The van der Waals surface area contributed by atoms with E-state index in [4.69, 9.17) is 39.5 Å². The zero-order valence-electron chi connectivity index (χ0n) is 8.30. The summed E-state index contributed by atoms with van der Waals surface area (Å²) in [6.07, 6.45) is 0.0830. The highest BCUT2D eigenvalue weighted by Crippen LogP contribution is 2.24. The molecule has 0 bridgehead atoms. The van der Waals surface area contributed by atoms with E-state index in [9.17, 15) is 4.79 Å². The number of benzene rings is 1. The maximum absolute atomic E-state index is 11.2. The van der Waals surface area contributed by atoms with Gasteiger partial charge in [-0.15, -0.1) is 11.6 Å². The highest BCUT2D eigenvalue weighted by Gasteiger charge is 2.04. The molecule has 1 aromatic rings. The Morgan fingerprint density at radius 2 is 2.06 bits per heavy atom. The molecule has 1 amide bonds. The number of hydrogen-bond donors (Lipinski definition) is 1. The minimum atomic E-state index is -0.538. The van der Waals surface area contributed by atoms with E-state index in [0.717, 1.165) is 0 Å². The molecular formula is C10H10Cl3NO2. The summed E-state index contributed by atoms with van der Waals surface area (Å²) in [4.78, 5) is 11.2. The molecule has 0 aliphatic rings. The monoisotopic (exact) mass is 281 g/mol. The second kappa shape index (κ2) is 6.84. The molecule has 1 aromatic carbocycles. The van der Waals surface area contributed by atoms with E-state index >= 15 is 0 Å². The molecular weight excluding hydrogens is 272 g/mol. The fourth-order valence-electron chi connectivity index (χ4n) is 0.947.